The smallest absolute Gasteiger partial charge is 0.360 e. The maximum absolute atomic E-state index is 12.0. The largest absolute Gasteiger partial charge is 0.445 e. The zero-order valence-corrected chi connectivity index (χ0v) is 11.7. The molecule has 0 aromatic carbocycles. The standard InChI is InChI=1S/C13H12N2O4S/c1-4-9(2)19-12(16)11-10-7-5-6-8-15(10)13(14-11)20(3,17)18/h1,5-9H,2-3H3/t9-/m1/s1. The van der Waals surface area contributed by atoms with Crippen LogP contribution < -0.4 is 0 Å². The summed E-state index contributed by atoms with van der Waals surface area (Å²) in [6.07, 6.45) is 6.95. The summed E-state index contributed by atoms with van der Waals surface area (Å²) < 4.78 is 29.7. The molecule has 2 aromatic heterocycles. The van der Waals surface area contributed by atoms with Crippen molar-refractivity contribution in [1.29, 1.82) is 0 Å². The number of carbonyl (C=O) groups is 1. The Morgan fingerprint density at radius 1 is 1.50 bits per heavy atom. The minimum absolute atomic E-state index is 0.0758. The molecule has 0 N–H and O–H groups in total. The highest BCUT2D eigenvalue weighted by Crippen LogP contribution is 2.18. The van der Waals surface area contributed by atoms with Gasteiger partial charge in [-0.2, -0.15) is 0 Å². The van der Waals surface area contributed by atoms with E-state index in [-0.39, 0.29) is 10.9 Å². The number of hydrogen-bond donors (Lipinski definition) is 0. The molecule has 0 amide bonds. The number of hydrogen-bond acceptors (Lipinski definition) is 5. The summed E-state index contributed by atoms with van der Waals surface area (Å²) in [4.78, 5) is 15.9. The van der Waals surface area contributed by atoms with Crippen LogP contribution in [0.3, 0.4) is 0 Å². The fourth-order valence-corrected chi connectivity index (χ4v) is 2.45. The highest BCUT2D eigenvalue weighted by molar-refractivity contribution is 7.90. The lowest BCUT2D eigenvalue weighted by Gasteiger charge is -2.05. The van der Waals surface area contributed by atoms with Gasteiger partial charge in [-0.1, -0.05) is 12.0 Å². The zero-order chi connectivity index (χ0) is 14.9. The van der Waals surface area contributed by atoms with Gasteiger partial charge < -0.3 is 4.74 Å². The third-order valence-electron chi connectivity index (χ3n) is 2.56. The van der Waals surface area contributed by atoms with E-state index in [9.17, 15) is 13.2 Å². The molecule has 0 bridgehead atoms. The van der Waals surface area contributed by atoms with Gasteiger partial charge in [-0.25, -0.2) is 18.2 Å². The molecular weight excluding hydrogens is 280 g/mol. The van der Waals surface area contributed by atoms with Crippen molar-refractivity contribution in [3.63, 3.8) is 0 Å². The summed E-state index contributed by atoms with van der Waals surface area (Å²) in [5, 5.41) is -0.214. The van der Waals surface area contributed by atoms with Gasteiger partial charge in [0.2, 0.25) is 15.0 Å². The van der Waals surface area contributed by atoms with E-state index >= 15 is 0 Å². The molecule has 1 atom stereocenters. The lowest BCUT2D eigenvalue weighted by atomic mass is 10.3. The number of fused-ring (bicyclic) bond motifs is 1. The van der Waals surface area contributed by atoms with Crippen molar-refractivity contribution >= 4 is 21.3 Å². The van der Waals surface area contributed by atoms with Gasteiger partial charge in [-0.05, 0) is 19.1 Å². The Kier molecular flexibility index (Phi) is 3.51. The topological polar surface area (TPSA) is 77.7 Å². The average Bonchev–Trinajstić information content (AvgIpc) is 2.78. The molecule has 20 heavy (non-hydrogen) atoms. The van der Waals surface area contributed by atoms with E-state index in [1.807, 2.05) is 0 Å². The molecule has 2 heterocycles. The fourth-order valence-electron chi connectivity index (χ4n) is 1.67. The first-order valence-corrected chi connectivity index (χ1v) is 7.58. The normalized spacial score (nSPS) is 12.8. The van der Waals surface area contributed by atoms with E-state index in [1.165, 1.54) is 17.5 Å². The summed E-state index contributed by atoms with van der Waals surface area (Å²) in [6.45, 7) is 1.54. The minimum Gasteiger partial charge on any atom is -0.445 e. The molecule has 2 aromatic rings. The zero-order valence-electron chi connectivity index (χ0n) is 10.9. The molecule has 0 radical (unpaired) electrons. The van der Waals surface area contributed by atoms with Crippen LogP contribution in [0.2, 0.25) is 0 Å². The number of pyridine rings is 1. The van der Waals surface area contributed by atoms with Crippen LogP contribution in [0, 0.1) is 12.3 Å². The molecule has 0 unspecified atom stereocenters. The van der Waals surface area contributed by atoms with Gasteiger partial charge in [0, 0.05) is 12.5 Å². The number of rotatable bonds is 3. The highest BCUT2D eigenvalue weighted by atomic mass is 32.2. The van der Waals surface area contributed by atoms with Gasteiger partial charge in [-0.3, -0.25) is 4.40 Å². The first-order valence-electron chi connectivity index (χ1n) is 5.69. The Labute approximate surface area is 116 Å². The minimum atomic E-state index is -3.57. The van der Waals surface area contributed by atoms with Crippen LogP contribution in [-0.4, -0.2) is 36.1 Å². The molecule has 104 valence electrons. The summed E-state index contributed by atoms with van der Waals surface area (Å²) >= 11 is 0. The molecule has 0 saturated heterocycles. The van der Waals surface area contributed by atoms with Crippen molar-refractivity contribution in [2.45, 2.75) is 18.2 Å². The van der Waals surface area contributed by atoms with Crippen LogP contribution in [-0.2, 0) is 14.6 Å². The number of terminal acetylenes is 1. The van der Waals surface area contributed by atoms with Gasteiger partial charge in [-0.15, -0.1) is 6.42 Å². The molecule has 7 heteroatoms. The van der Waals surface area contributed by atoms with E-state index < -0.39 is 21.9 Å². The van der Waals surface area contributed by atoms with Crippen molar-refractivity contribution < 1.29 is 17.9 Å². The molecule has 0 aliphatic rings. The molecule has 6 nitrogen and oxygen atoms in total. The maximum atomic E-state index is 12.0. The van der Waals surface area contributed by atoms with Crippen LogP contribution in [0.15, 0.2) is 29.6 Å². The van der Waals surface area contributed by atoms with Crippen LogP contribution in [0.4, 0.5) is 0 Å². The predicted molar refractivity (Wildman–Crippen MR) is 72.0 cm³/mol. The van der Waals surface area contributed by atoms with Crippen LogP contribution in [0.5, 0.6) is 0 Å². The van der Waals surface area contributed by atoms with E-state index in [0.29, 0.717) is 5.52 Å². The summed E-state index contributed by atoms with van der Waals surface area (Å²) in [6, 6.07) is 4.89. The number of ether oxygens (including phenoxy) is 1. The Bertz CT molecular complexity index is 814. The maximum Gasteiger partial charge on any atom is 0.360 e. The monoisotopic (exact) mass is 292 g/mol. The van der Waals surface area contributed by atoms with Gasteiger partial charge in [0.1, 0.15) is 0 Å². The van der Waals surface area contributed by atoms with Crippen molar-refractivity contribution in [3.05, 3.63) is 30.1 Å². The van der Waals surface area contributed by atoms with Crippen molar-refractivity contribution in [2.75, 3.05) is 6.26 Å². The molecule has 0 spiro atoms. The van der Waals surface area contributed by atoms with E-state index in [2.05, 4.69) is 10.9 Å². The first kappa shape index (κ1) is 14.1. The van der Waals surface area contributed by atoms with Gasteiger partial charge in [0.05, 0.1) is 5.52 Å². The Morgan fingerprint density at radius 2 is 2.20 bits per heavy atom. The van der Waals surface area contributed by atoms with E-state index in [4.69, 9.17) is 11.2 Å². The second-order valence-corrected chi connectivity index (χ2v) is 6.09. The van der Waals surface area contributed by atoms with Crippen molar-refractivity contribution in [2.24, 2.45) is 0 Å². The molecule has 0 aliphatic carbocycles. The predicted octanol–water partition coefficient (Wildman–Crippen LogP) is 0.916. The van der Waals surface area contributed by atoms with Crippen LogP contribution in [0.25, 0.3) is 5.52 Å². The summed E-state index contributed by atoms with van der Waals surface area (Å²) in [5.74, 6) is 1.50. The second kappa shape index (κ2) is 4.98. The van der Waals surface area contributed by atoms with E-state index in [0.717, 1.165) is 6.26 Å². The Balaban J connectivity index is 2.61. The number of carbonyl (C=O) groups excluding carboxylic acids is 1. The second-order valence-electron chi connectivity index (χ2n) is 4.19. The van der Waals surface area contributed by atoms with Gasteiger partial charge in [0.25, 0.3) is 0 Å². The summed E-state index contributed by atoms with van der Waals surface area (Å²) in [5.41, 5.74) is 0.273. The first-order chi connectivity index (χ1) is 9.34. The third kappa shape index (κ3) is 2.51. The average molecular weight is 292 g/mol. The number of aromatic nitrogens is 2. The lowest BCUT2D eigenvalue weighted by molar-refractivity contribution is 0.0434. The number of imidazole rings is 1. The molecule has 0 saturated carbocycles. The van der Waals surface area contributed by atoms with Crippen molar-refractivity contribution in [1.82, 2.24) is 9.38 Å². The third-order valence-corrected chi connectivity index (χ3v) is 3.51. The number of esters is 1. The quantitative estimate of drug-likeness (QED) is 0.621. The SMILES string of the molecule is C#C[C@@H](C)OC(=O)c1nc(S(C)(=O)=O)n2ccccc12. The fraction of sp³-hybridized carbons (Fsp3) is 0.231. The van der Waals surface area contributed by atoms with E-state index in [1.54, 1.807) is 18.2 Å². The molecule has 0 aliphatic heterocycles. The van der Waals surface area contributed by atoms with Crippen molar-refractivity contribution in [3.8, 4) is 12.3 Å². The highest BCUT2D eigenvalue weighted by Gasteiger charge is 2.24. The molecule has 2 rings (SSSR count). The number of nitrogens with zero attached hydrogens (tertiary/aromatic N) is 2. The Morgan fingerprint density at radius 3 is 2.80 bits per heavy atom. The van der Waals surface area contributed by atoms with Gasteiger partial charge in [0.15, 0.2) is 11.8 Å². The lowest BCUT2D eigenvalue weighted by Crippen LogP contribution is -2.14. The van der Waals surface area contributed by atoms with Gasteiger partial charge >= 0.3 is 5.97 Å². The van der Waals surface area contributed by atoms with Crippen LogP contribution in [0.1, 0.15) is 17.4 Å². The molecule has 0 fully saturated rings. The van der Waals surface area contributed by atoms with Crippen LogP contribution >= 0.6 is 0 Å². The molecular formula is C13H12N2O4S. The number of sulfone groups is 1. The summed E-state index contributed by atoms with van der Waals surface area (Å²) in [7, 11) is -3.57. The Hall–Kier alpha value is -2.33.